The third-order valence-electron chi connectivity index (χ3n) is 3.39. The largest absolute Gasteiger partial charge is 0.326 e. The van der Waals surface area contributed by atoms with Crippen LogP contribution in [0.4, 0.5) is 4.39 Å². The highest BCUT2D eigenvalue weighted by atomic mass is 19.1. The summed E-state index contributed by atoms with van der Waals surface area (Å²) < 4.78 is 13.9. The summed E-state index contributed by atoms with van der Waals surface area (Å²) >= 11 is 0. The van der Waals surface area contributed by atoms with Crippen LogP contribution in [0.25, 0.3) is 0 Å². The van der Waals surface area contributed by atoms with E-state index in [4.69, 9.17) is 5.73 Å². The van der Waals surface area contributed by atoms with E-state index < -0.39 is 0 Å². The van der Waals surface area contributed by atoms with Crippen molar-refractivity contribution in [3.05, 3.63) is 35.1 Å². The molecule has 0 bridgehead atoms. The van der Waals surface area contributed by atoms with Gasteiger partial charge in [-0.1, -0.05) is 26.0 Å². The molecular weight excluding hydrogens is 227 g/mol. The quantitative estimate of drug-likeness (QED) is 0.841. The summed E-state index contributed by atoms with van der Waals surface area (Å²) in [5.74, 6) is 0.504. The Morgan fingerprint density at radius 1 is 1.39 bits per heavy atom. The van der Waals surface area contributed by atoms with Crippen molar-refractivity contribution in [1.29, 1.82) is 0 Å². The number of benzene rings is 1. The smallest absolute Gasteiger partial charge is 0.128 e. The minimum absolute atomic E-state index is 0.118. The maximum absolute atomic E-state index is 13.9. The minimum Gasteiger partial charge on any atom is -0.326 e. The lowest BCUT2D eigenvalue weighted by Gasteiger charge is -2.24. The molecule has 0 unspecified atom stereocenters. The predicted molar refractivity (Wildman–Crippen MR) is 72.6 cm³/mol. The number of nitrogens with two attached hydrogens (primary N) is 1. The molecule has 2 nitrogen and oxygen atoms in total. The van der Waals surface area contributed by atoms with Crippen LogP contribution in [0.1, 0.15) is 37.8 Å². The summed E-state index contributed by atoms with van der Waals surface area (Å²) in [5.41, 5.74) is 7.17. The van der Waals surface area contributed by atoms with Gasteiger partial charge in [-0.2, -0.15) is 0 Å². The van der Waals surface area contributed by atoms with Gasteiger partial charge in [0.2, 0.25) is 0 Å². The first-order valence-electron chi connectivity index (χ1n) is 6.81. The number of halogens is 1. The monoisotopic (exact) mass is 250 g/mol. The first kappa shape index (κ1) is 13.5. The van der Waals surface area contributed by atoms with E-state index in [1.165, 1.54) is 12.8 Å². The molecule has 1 aromatic rings. The number of rotatable bonds is 6. The van der Waals surface area contributed by atoms with Crippen LogP contribution in [-0.4, -0.2) is 17.5 Å². The van der Waals surface area contributed by atoms with Gasteiger partial charge in [-0.15, -0.1) is 0 Å². The van der Waals surface area contributed by atoms with Gasteiger partial charge in [-0.05, 0) is 30.4 Å². The van der Waals surface area contributed by atoms with Crippen molar-refractivity contribution in [2.75, 3.05) is 6.54 Å². The summed E-state index contributed by atoms with van der Waals surface area (Å²) in [6.07, 6.45) is 2.52. The molecule has 1 aromatic carbocycles. The van der Waals surface area contributed by atoms with Crippen LogP contribution in [-0.2, 0) is 13.1 Å². The molecule has 0 amide bonds. The molecule has 100 valence electrons. The molecular formula is C15H23FN2. The van der Waals surface area contributed by atoms with Crippen LogP contribution in [0.2, 0.25) is 0 Å². The lowest BCUT2D eigenvalue weighted by atomic mass is 10.1. The zero-order valence-corrected chi connectivity index (χ0v) is 11.3. The summed E-state index contributed by atoms with van der Waals surface area (Å²) in [7, 11) is 0. The highest BCUT2D eigenvalue weighted by molar-refractivity contribution is 5.24. The standard InChI is InChI=1S/C15H23FN2/c1-11(2)9-18(14-5-6-14)10-13-4-3-12(8-17)7-15(13)16/h3-4,7,11,14H,5-6,8-10,17H2,1-2H3. The Morgan fingerprint density at radius 3 is 2.61 bits per heavy atom. The maximum atomic E-state index is 13.9. The molecule has 1 aliphatic rings. The van der Waals surface area contributed by atoms with Crippen molar-refractivity contribution in [1.82, 2.24) is 4.90 Å². The third-order valence-corrected chi connectivity index (χ3v) is 3.39. The fourth-order valence-corrected chi connectivity index (χ4v) is 2.32. The van der Waals surface area contributed by atoms with E-state index in [1.807, 2.05) is 12.1 Å². The average molecular weight is 250 g/mol. The molecule has 2 N–H and O–H groups in total. The fourth-order valence-electron chi connectivity index (χ4n) is 2.32. The Morgan fingerprint density at radius 2 is 2.11 bits per heavy atom. The van der Waals surface area contributed by atoms with E-state index in [1.54, 1.807) is 6.07 Å². The van der Waals surface area contributed by atoms with Crippen molar-refractivity contribution in [3.63, 3.8) is 0 Å². The first-order chi connectivity index (χ1) is 8.60. The second-order valence-electron chi connectivity index (χ2n) is 5.68. The molecule has 0 radical (unpaired) electrons. The topological polar surface area (TPSA) is 29.3 Å². The van der Waals surface area contributed by atoms with Crippen LogP contribution in [0.5, 0.6) is 0 Å². The van der Waals surface area contributed by atoms with E-state index in [0.717, 1.165) is 24.2 Å². The first-order valence-corrected chi connectivity index (χ1v) is 6.81. The zero-order chi connectivity index (χ0) is 13.1. The molecule has 0 atom stereocenters. The molecule has 0 aliphatic heterocycles. The van der Waals surface area contributed by atoms with Crippen LogP contribution in [0, 0.1) is 11.7 Å². The van der Waals surface area contributed by atoms with Crippen molar-refractivity contribution in [2.24, 2.45) is 11.7 Å². The maximum Gasteiger partial charge on any atom is 0.128 e. The Bertz CT molecular complexity index is 399. The van der Waals surface area contributed by atoms with Gasteiger partial charge >= 0.3 is 0 Å². The highest BCUT2D eigenvalue weighted by Gasteiger charge is 2.29. The van der Waals surface area contributed by atoms with Gasteiger partial charge in [0.15, 0.2) is 0 Å². The van der Waals surface area contributed by atoms with Gasteiger partial charge in [-0.3, -0.25) is 4.90 Å². The van der Waals surface area contributed by atoms with Crippen molar-refractivity contribution in [3.8, 4) is 0 Å². The van der Waals surface area contributed by atoms with Crippen LogP contribution < -0.4 is 5.73 Å². The number of hydrogen-bond acceptors (Lipinski definition) is 2. The third kappa shape index (κ3) is 3.53. The van der Waals surface area contributed by atoms with E-state index >= 15 is 0 Å². The molecule has 0 aromatic heterocycles. The molecule has 1 fully saturated rings. The van der Waals surface area contributed by atoms with Crippen LogP contribution >= 0.6 is 0 Å². The van der Waals surface area contributed by atoms with E-state index in [0.29, 0.717) is 18.5 Å². The van der Waals surface area contributed by atoms with E-state index in [-0.39, 0.29) is 5.82 Å². The van der Waals surface area contributed by atoms with Gasteiger partial charge in [0, 0.05) is 31.2 Å². The Labute approximate surface area is 109 Å². The summed E-state index contributed by atoms with van der Waals surface area (Å²) in [4.78, 5) is 2.41. The Balaban J connectivity index is 2.06. The average Bonchev–Trinajstić information content (AvgIpc) is 3.14. The molecule has 0 heterocycles. The normalized spacial score (nSPS) is 15.7. The summed E-state index contributed by atoms with van der Waals surface area (Å²) in [5, 5.41) is 0. The molecule has 0 saturated heterocycles. The van der Waals surface area contributed by atoms with E-state index in [2.05, 4.69) is 18.7 Å². The van der Waals surface area contributed by atoms with Gasteiger partial charge in [0.25, 0.3) is 0 Å². The SMILES string of the molecule is CC(C)CN(Cc1ccc(CN)cc1F)C1CC1. The predicted octanol–water partition coefficient (Wildman–Crippen LogP) is 2.90. The molecule has 3 heteroatoms. The fraction of sp³-hybridized carbons (Fsp3) is 0.600. The van der Waals surface area contributed by atoms with Crippen LogP contribution in [0.3, 0.4) is 0 Å². The van der Waals surface area contributed by atoms with Crippen LogP contribution in [0.15, 0.2) is 18.2 Å². The molecule has 2 rings (SSSR count). The molecule has 0 spiro atoms. The zero-order valence-electron chi connectivity index (χ0n) is 11.3. The van der Waals surface area contributed by atoms with Gasteiger partial charge < -0.3 is 5.73 Å². The number of nitrogens with zero attached hydrogens (tertiary/aromatic N) is 1. The molecule has 18 heavy (non-hydrogen) atoms. The minimum atomic E-state index is -0.118. The highest BCUT2D eigenvalue weighted by Crippen LogP contribution is 2.29. The number of hydrogen-bond donors (Lipinski definition) is 1. The molecule has 1 aliphatic carbocycles. The summed E-state index contributed by atoms with van der Waals surface area (Å²) in [6.45, 7) is 6.59. The molecule has 1 saturated carbocycles. The van der Waals surface area contributed by atoms with Crippen molar-refractivity contribution >= 4 is 0 Å². The van der Waals surface area contributed by atoms with Gasteiger partial charge in [0.1, 0.15) is 5.82 Å². The second kappa shape index (κ2) is 5.81. The van der Waals surface area contributed by atoms with Crippen molar-refractivity contribution in [2.45, 2.75) is 45.8 Å². The van der Waals surface area contributed by atoms with Gasteiger partial charge in [-0.25, -0.2) is 4.39 Å². The lowest BCUT2D eigenvalue weighted by Crippen LogP contribution is -2.29. The summed E-state index contributed by atoms with van der Waals surface area (Å²) in [6, 6.07) is 6.04. The van der Waals surface area contributed by atoms with E-state index in [9.17, 15) is 4.39 Å². The van der Waals surface area contributed by atoms with Gasteiger partial charge in [0.05, 0.1) is 0 Å². The lowest BCUT2D eigenvalue weighted by molar-refractivity contribution is 0.223. The van der Waals surface area contributed by atoms with Crippen molar-refractivity contribution < 1.29 is 4.39 Å². The Kier molecular flexibility index (Phi) is 4.36. The Hall–Kier alpha value is -0.930. The second-order valence-corrected chi connectivity index (χ2v) is 5.68.